The average Bonchev–Trinajstić information content (AvgIpc) is 3.18. The van der Waals surface area contributed by atoms with E-state index in [0.29, 0.717) is 56.5 Å². The molecule has 0 aliphatic heterocycles. The monoisotopic (exact) mass is 449 g/mol. The first-order valence-electron chi connectivity index (χ1n) is 9.94. The van der Waals surface area contributed by atoms with Crippen molar-refractivity contribution in [2.45, 2.75) is 13.3 Å². The minimum Gasteiger partial charge on any atom is -0.397 e. The number of nitriles is 1. The summed E-state index contributed by atoms with van der Waals surface area (Å²) in [4.78, 5) is 16.1. The lowest BCUT2D eigenvalue weighted by Crippen LogP contribution is -2.07. The maximum atomic E-state index is 14.5. The van der Waals surface area contributed by atoms with E-state index in [0.717, 1.165) is 12.3 Å². The Morgan fingerprint density at radius 2 is 2.12 bits per heavy atom. The standard InChI is InChI=1S/C23H18F3N7/c1-2-30-18-7-14(24)6-15-19-21(31-4-3-17(28)22(25)26)16(11-32-23(19)33-20(15)18)13-5-12(8-27)9-29-10-13/h3-7,9-11,22,30H,2,28H2,1H3,(H,32,33)/b17-3-,31-4?. The average molecular weight is 449 g/mol. The summed E-state index contributed by atoms with van der Waals surface area (Å²) in [5.74, 6) is -0.463. The highest BCUT2D eigenvalue weighted by Crippen LogP contribution is 2.41. The summed E-state index contributed by atoms with van der Waals surface area (Å²) in [6.07, 6.45) is 3.82. The molecule has 4 N–H and O–H groups in total. The fourth-order valence-electron chi connectivity index (χ4n) is 3.50. The quantitative estimate of drug-likeness (QED) is 0.357. The van der Waals surface area contributed by atoms with Crippen molar-refractivity contribution in [3.63, 3.8) is 0 Å². The van der Waals surface area contributed by atoms with E-state index in [9.17, 15) is 18.4 Å². The number of aliphatic imine (C=N–C) groups is 1. The maximum absolute atomic E-state index is 14.5. The number of hydrogen-bond donors (Lipinski definition) is 3. The van der Waals surface area contributed by atoms with Crippen molar-refractivity contribution in [3.8, 4) is 17.2 Å². The van der Waals surface area contributed by atoms with Crippen LogP contribution in [0.15, 0.2) is 53.6 Å². The molecular formula is C23H18F3N7. The normalized spacial score (nSPS) is 12.2. The molecule has 3 aromatic heterocycles. The topological polar surface area (TPSA) is 116 Å². The van der Waals surface area contributed by atoms with Crippen molar-refractivity contribution in [1.82, 2.24) is 15.0 Å². The van der Waals surface area contributed by atoms with E-state index < -0.39 is 17.9 Å². The number of pyridine rings is 2. The van der Waals surface area contributed by atoms with Crippen molar-refractivity contribution in [2.24, 2.45) is 10.7 Å². The smallest absolute Gasteiger partial charge is 0.277 e. The van der Waals surface area contributed by atoms with E-state index in [4.69, 9.17) is 5.73 Å². The summed E-state index contributed by atoms with van der Waals surface area (Å²) in [5, 5.41) is 13.4. The van der Waals surface area contributed by atoms with Gasteiger partial charge >= 0.3 is 0 Å². The maximum Gasteiger partial charge on any atom is 0.277 e. The number of H-pyrrole nitrogens is 1. The molecule has 0 fully saturated rings. The molecule has 0 atom stereocenters. The highest BCUT2D eigenvalue weighted by molar-refractivity contribution is 6.17. The molecule has 3 heterocycles. The second-order valence-electron chi connectivity index (χ2n) is 7.09. The number of allylic oxidation sites excluding steroid dienone is 2. The van der Waals surface area contributed by atoms with Gasteiger partial charge in [-0.1, -0.05) is 0 Å². The van der Waals surface area contributed by atoms with E-state index in [1.165, 1.54) is 30.7 Å². The Bertz CT molecular complexity index is 1450. The number of fused-ring (bicyclic) bond motifs is 3. The third-order valence-corrected chi connectivity index (χ3v) is 4.94. The van der Waals surface area contributed by atoms with Gasteiger partial charge in [-0.25, -0.2) is 18.2 Å². The molecule has 0 radical (unpaired) electrons. The van der Waals surface area contributed by atoms with Gasteiger partial charge in [-0.15, -0.1) is 0 Å². The number of rotatable bonds is 6. The number of hydrogen-bond acceptors (Lipinski definition) is 6. The van der Waals surface area contributed by atoms with Crippen LogP contribution < -0.4 is 11.1 Å². The van der Waals surface area contributed by atoms with Crippen LogP contribution in [0, 0.1) is 17.1 Å². The highest BCUT2D eigenvalue weighted by Gasteiger charge is 2.18. The van der Waals surface area contributed by atoms with Crippen molar-refractivity contribution in [2.75, 3.05) is 11.9 Å². The Kier molecular flexibility index (Phi) is 5.95. The Labute approximate surface area is 186 Å². The molecule has 7 nitrogen and oxygen atoms in total. The largest absolute Gasteiger partial charge is 0.397 e. The summed E-state index contributed by atoms with van der Waals surface area (Å²) >= 11 is 0. The van der Waals surface area contributed by atoms with Crippen LogP contribution in [0.25, 0.3) is 33.1 Å². The Hall–Kier alpha value is -4.39. The minimum atomic E-state index is -2.82. The summed E-state index contributed by atoms with van der Waals surface area (Å²) in [5.41, 5.74) is 7.99. The lowest BCUT2D eigenvalue weighted by Gasteiger charge is -2.08. The number of nitrogens with one attached hydrogen (secondary N) is 2. The van der Waals surface area contributed by atoms with Gasteiger partial charge in [0.2, 0.25) is 0 Å². The van der Waals surface area contributed by atoms with Crippen LogP contribution in [-0.4, -0.2) is 34.1 Å². The first-order valence-corrected chi connectivity index (χ1v) is 9.94. The van der Waals surface area contributed by atoms with Crippen LogP contribution in [-0.2, 0) is 0 Å². The van der Waals surface area contributed by atoms with E-state index >= 15 is 0 Å². The predicted octanol–water partition coefficient (Wildman–Crippen LogP) is 5.03. The van der Waals surface area contributed by atoms with Gasteiger partial charge in [0, 0.05) is 47.9 Å². The lowest BCUT2D eigenvalue weighted by atomic mass is 10.0. The SMILES string of the molecule is CCNc1cc(F)cc2c1[nH]c1ncc(-c3cncc(C#N)c3)c(N=C/C=C(\N)C(F)F)c12. The number of aromatic amines is 1. The van der Waals surface area contributed by atoms with E-state index in [-0.39, 0.29) is 0 Å². The lowest BCUT2D eigenvalue weighted by molar-refractivity contribution is 0.188. The molecular weight excluding hydrogens is 431 g/mol. The van der Waals surface area contributed by atoms with E-state index in [2.05, 4.69) is 25.3 Å². The third-order valence-electron chi connectivity index (χ3n) is 4.94. The molecule has 0 aliphatic rings. The second-order valence-corrected chi connectivity index (χ2v) is 7.09. The number of nitrogens with two attached hydrogens (primary N) is 1. The van der Waals surface area contributed by atoms with Crippen LogP contribution in [0.4, 0.5) is 24.5 Å². The summed E-state index contributed by atoms with van der Waals surface area (Å²) < 4.78 is 40.1. The fraction of sp³-hybridized carbons (Fsp3) is 0.130. The molecule has 0 spiro atoms. The second kappa shape index (κ2) is 9.00. The van der Waals surface area contributed by atoms with Crippen molar-refractivity contribution in [1.29, 1.82) is 5.26 Å². The zero-order valence-corrected chi connectivity index (χ0v) is 17.4. The van der Waals surface area contributed by atoms with Gasteiger partial charge in [-0.2, -0.15) is 5.26 Å². The molecule has 4 rings (SSSR count). The summed E-state index contributed by atoms with van der Waals surface area (Å²) in [7, 11) is 0. The van der Waals surface area contributed by atoms with Gasteiger partial charge in [0.15, 0.2) is 0 Å². The third kappa shape index (κ3) is 4.21. The zero-order valence-electron chi connectivity index (χ0n) is 17.4. The first-order chi connectivity index (χ1) is 15.9. The van der Waals surface area contributed by atoms with Crippen LogP contribution >= 0.6 is 0 Å². The van der Waals surface area contributed by atoms with Crippen LogP contribution in [0.1, 0.15) is 12.5 Å². The molecule has 0 amide bonds. The number of aromatic nitrogens is 3. The van der Waals surface area contributed by atoms with Crippen molar-refractivity contribution < 1.29 is 13.2 Å². The number of benzene rings is 1. The molecule has 0 unspecified atom stereocenters. The van der Waals surface area contributed by atoms with Gasteiger partial charge in [-0.05, 0) is 31.2 Å². The number of alkyl halides is 2. The highest BCUT2D eigenvalue weighted by atomic mass is 19.3. The summed E-state index contributed by atoms with van der Waals surface area (Å²) in [6, 6.07) is 6.36. The van der Waals surface area contributed by atoms with E-state index in [1.807, 2.05) is 13.0 Å². The molecule has 166 valence electrons. The number of halogens is 3. The molecule has 10 heteroatoms. The number of anilines is 1. The van der Waals surface area contributed by atoms with Crippen LogP contribution in [0.5, 0.6) is 0 Å². The Morgan fingerprint density at radius 3 is 2.85 bits per heavy atom. The van der Waals surface area contributed by atoms with Gasteiger partial charge in [0.1, 0.15) is 17.5 Å². The summed E-state index contributed by atoms with van der Waals surface area (Å²) in [6.45, 7) is 2.46. The molecule has 33 heavy (non-hydrogen) atoms. The van der Waals surface area contributed by atoms with Crippen LogP contribution in [0.3, 0.4) is 0 Å². The molecule has 0 bridgehead atoms. The number of nitrogens with zero attached hydrogens (tertiary/aromatic N) is 4. The van der Waals surface area contributed by atoms with Gasteiger partial charge in [-0.3, -0.25) is 9.98 Å². The molecule has 0 aliphatic carbocycles. The van der Waals surface area contributed by atoms with Crippen LogP contribution in [0.2, 0.25) is 0 Å². The Morgan fingerprint density at radius 1 is 1.30 bits per heavy atom. The van der Waals surface area contributed by atoms with Crippen molar-refractivity contribution >= 4 is 39.5 Å². The van der Waals surface area contributed by atoms with Gasteiger partial charge < -0.3 is 16.0 Å². The van der Waals surface area contributed by atoms with E-state index in [1.54, 1.807) is 6.07 Å². The van der Waals surface area contributed by atoms with Gasteiger partial charge in [0.25, 0.3) is 6.43 Å². The molecule has 0 saturated heterocycles. The first kappa shape index (κ1) is 21.8. The van der Waals surface area contributed by atoms with Gasteiger partial charge in [0.05, 0.1) is 33.5 Å². The molecule has 1 aromatic carbocycles. The fourth-order valence-corrected chi connectivity index (χ4v) is 3.50. The minimum absolute atomic E-state index is 0.323. The van der Waals surface area contributed by atoms with Crippen molar-refractivity contribution in [3.05, 3.63) is 59.9 Å². The predicted molar refractivity (Wildman–Crippen MR) is 122 cm³/mol. The molecule has 0 saturated carbocycles. The zero-order chi connectivity index (χ0) is 23.5. The molecule has 4 aromatic rings. The Balaban J connectivity index is 2.05.